The Morgan fingerprint density at radius 3 is 2.42 bits per heavy atom. The summed E-state index contributed by atoms with van der Waals surface area (Å²) in [7, 11) is 0. The van der Waals surface area contributed by atoms with E-state index in [1.54, 1.807) is 0 Å². The zero-order chi connectivity index (χ0) is 17.5. The lowest BCUT2D eigenvalue weighted by Gasteiger charge is -2.23. The fraction of sp³-hybridized carbons (Fsp3) is 0.737. The van der Waals surface area contributed by atoms with Crippen molar-refractivity contribution in [2.75, 3.05) is 6.61 Å². The molecule has 2 fully saturated rings. The fourth-order valence-corrected chi connectivity index (χ4v) is 2.56. The molecule has 5 heteroatoms. The van der Waals surface area contributed by atoms with Crippen molar-refractivity contribution >= 4 is 5.90 Å². The van der Waals surface area contributed by atoms with Crippen molar-refractivity contribution < 1.29 is 9.57 Å². The molecule has 4 rings (SSSR count). The van der Waals surface area contributed by atoms with Crippen LogP contribution in [-0.4, -0.2) is 24.7 Å². The molecule has 2 saturated carbocycles. The zero-order valence-corrected chi connectivity index (χ0v) is 15.8. The minimum atomic E-state index is -0.0239. The highest BCUT2D eigenvalue weighted by molar-refractivity contribution is 5.85. The number of hydrogen-bond donors (Lipinski definition) is 2. The smallest absolute Gasteiger partial charge is 0.237 e. The third kappa shape index (κ3) is 5.00. The highest BCUT2D eigenvalue weighted by atomic mass is 16.7. The van der Waals surface area contributed by atoms with Crippen LogP contribution in [0, 0.1) is 11.8 Å². The van der Waals surface area contributed by atoms with Gasteiger partial charge in [0.25, 0.3) is 0 Å². The molecule has 0 bridgehead atoms. The quantitative estimate of drug-likeness (QED) is 0.800. The zero-order valence-electron chi connectivity index (χ0n) is 15.8. The maximum atomic E-state index is 6.06. The van der Waals surface area contributed by atoms with Gasteiger partial charge in [0.2, 0.25) is 5.90 Å². The largest absolute Gasteiger partial charge is 0.493 e. The van der Waals surface area contributed by atoms with Gasteiger partial charge in [0.1, 0.15) is 18.0 Å². The highest BCUT2D eigenvalue weighted by Gasteiger charge is 2.34. The Balaban J connectivity index is 0.000000487. The molecule has 24 heavy (non-hydrogen) atoms. The number of rotatable bonds is 5. The van der Waals surface area contributed by atoms with Crippen LogP contribution in [0.1, 0.15) is 60.3 Å². The summed E-state index contributed by atoms with van der Waals surface area (Å²) in [5.74, 6) is 3.17. The predicted molar refractivity (Wildman–Crippen MR) is 98.3 cm³/mol. The number of dihydropyridines is 1. The lowest BCUT2D eigenvalue weighted by molar-refractivity contribution is 0.176. The van der Waals surface area contributed by atoms with E-state index in [0.29, 0.717) is 11.8 Å². The van der Waals surface area contributed by atoms with Gasteiger partial charge < -0.3 is 14.9 Å². The summed E-state index contributed by atoms with van der Waals surface area (Å²) in [4.78, 5) is 9.84. The standard InChI is InChI=1S/C15H21N3O2.2C2H6/c1-9-17-15(20-18-9)13-6-14(19-8-10-2-3-10)12(7-16-13)11-4-5-11;2*1-2/h6-7,9-11,13,16,18H,2-5,8H2,1H3;2*1-2H3. The average Bonchev–Trinajstić information content (AvgIpc) is 3.56. The number of nitrogens with one attached hydrogen (secondary N) is 2. The van der Waals surface area contributed by atoms with E-state index in [4.69, 9.17) is 9.57 Å². The van der Waals surface area contributed by atoms with E-state index in [0.717, 1.165) is 18.3 Å². The Hall–Kier alpha value is -1.49. The molecule has 0 aromatic rings. The van der Waals surface area contributed by atoms with Crippen molar-refractivity contribution in [3.8, 4) is 0 Å². The molecule has 2 aliphatic heterocycles. The van der Waals surface area contributed by atoms with Gasteiger partial charge in [0.15, 0.2) is 0 Å². The minimum Gasteiger partial charge on any atom is -0.493 e. The molecule has 4 aliphatic rings. The molecule has 2 aliphatic carbocycles. The Morgan fingerprint density at radius 1 is 1.17 bits per heavy atom. The number of allylic oxidation sites excluding steroid dienone is 1. The van der Waals surface area contributed by atoms with Crippen LogP contribution in [0.4, 0.5) is 0 Å². The van der Waals surface area contributed by atoms with E-state index < -0.39 is 0 Å². The van der Waals surface area contributed by atoms with Crippen LogP contribution in [0.15, 0.2) is 28.6 Å². The first-order valence-electron chi connectivity index (χ1n) is 9.61. The van der Waals surface area contributed by atoms with Gasteiger partial charge in [-0.05, 0) is 50.5 Å². The van der Waals surface area contributed by atoms with E-state index >= 15 is 0 Å². The second kappa shape index (κ2) is 9.11. The van der Waals surface area contributed by atoms with Crippen LogP contribution in [0.5, 0.6) is 0 Å². The lowest BCUT2D eigenvalue weighted by atomic mass is 10.0. The van der Waals surface area contributed by atoms with E-state index in [1.807, 2.05) is 34.6 Å². The molecule has 0 saturated heterocycles. The molecule has 2 unspecified atom stereocenters. The van der Waals surface area contributed by atoms with Crippen LogP contribution in [0.2, 0.25) is 0 Å². The Kier molecular flexibility index (Phi) is 7.16. The Bertz CT molecular complexity index is 491. The molecule has 2 heterocycles. The normalized spacial score (nSPS) is 27.8. The van der Waals surface area contributed by atoms with Crippen molar-refractivity contribution in [1.29, 1.82) is 0 Å². The van der Waals surface area contributed by atoms with Gasteiger partial charge in [-0.15, -0.1) is 5.48 Å². The molecule has 0 aromatic heterocycles. The van der Waals surface area contributed by atoms with Gasteiger partial charge in [-0.3, -0.25) is 0 Å². The molecule has 0 aromatic carbocycles. The second-order valence-electron chi connectivity index (χ2n) is 6.17. The van der Waals surface area contributed by atoms with Crippen molar-refractivity contribution in [2.24, 2.45) is 16.8 Å². The van der Waals surface area contributed by atoms with Crippen LogP contribution >= 0.6 is 0 Å². The lowest BCUT2D eigenvalue weighted by Crippen LogP contribution is -2.36. The first-order chi connectivity index (χ1) is 11.8. The first-order valence-corrected chi connectivity index (χ1v) is 9.61. The van der Waals surface area contributed by atoms with E-state index in [1.165, 1.54) is 31.3 Å². The van der Waals surface area contributed by atoms with Crippen molar-refractivity contribution in [3.63, 3.8) is 0 Å². The third-order valence-corrected chi connectivity index (χ3v) is 4.13. The molecule has 5 nitrogen and oxygen atoms in total. The van der Waals surface area contributed by atoms with Gasteiger partial charge in [0.05, 0.1) is 6.61 Å². The maximum Gasteiger partial charge on any atom is 0.237 e. The first kappa shape index (κ1) is 18.8. The molecule has 2 atom stereocenters. The number of nitrogens with zero attached hydrogens (tertiary/aromatic N) is 1. The van der Waals surface area contributed by atoms with Crippen molar-refractivity contribution in [2.45, 2.75) is 72.5 Å². The van der Waals surface area contributed by atoms with E-state index in [2.05, 4.69) is 28.1 Å². The summed E-state index contributed by atoms with van der Waals surface area (Å²) in [5, 5.41) is 3.37. The molecular formula is C19H33N3O2. The average molecular weight is 335 g/mol. The van der Waals surface area contributed by atoms with Crippen LogP contribution < -0.4 is 10.8 Å². The van der Waals surface area contributed by atoms with Gasteiger partial charge in [-0.25, -0.2) is 4.99 Å². The summed E-state index contributed by atoms with van der Waals surface area (Å²) < 4.78 is 6.06. The van der Waals surface area contributed by atoms with Gasteiger partial charge >= 0.3 is 0 Å². The number of aliphatic imine (C=N–C) groups is 1. The van der Waals surface area contributed by atoms with Gasteiger partial charge in [-0.1, -0.05) is 27.7 Å². The third-order valence-electron chi connectivity index (χ3n) is 4.13. The molecule has 0 spiro atoms. The summed E-state index contributed by atoms with van der Waals surface area (Å²) >= 11 is 0. The molecule has 0 radical (unpaired) electrons. The maximum absolute atomic E-state index is 6.06. The summed E-state index contributed by atoms with van der Waals surface area (Å²) in [6.45, 7) is 10.8. The van der Waals surface area contributed by atoms with Crippen molar-refractivity contribution in [3.05, 3.63) is 23.6 Å². The van der Waals surface area contributed by atoms with Crippen LogP contribution in [0.3, 0.4) is 0 Å². The number of hydroxylamine groups is 1. The Morgan fingerprint density at radius 2 is 1.88 bits per heavy atom. The highest BCUT2D eigenvalue weighted by Crippen LogP contribution is 2.42. The topological polar surface area (TPSA) is 54.9 Å². The van der Waals surface area contributed by atoms with E-state index in [9.17, 15) is 0 Å². The van der Waals surface area contributed by atoms with Crippen molar-refractivity contribution in [1.82, 2.24) is 10.8 Å². The SMILES string of the molecule is CC.CC.CC1N=C(C2C=C(OCC3CC3)C(C3CC3)=CN2)ON1. The van der Waals surface area contributed by atoms with Crippen LogP contribution in [-0.2, 0) is 9.57 Å². The molecule has 136 valence electrons. The minimum absolute atomic E-state index is 0.0184. The fourth-order valence-electron chi connectivity index (χ4n) is 2.56. The van der Waals surface area contributed by atoms with Crippen LogP contribution in [0.25, 0.3) is 0 Å². The predicted octanol–water partition coefficient (Wildman–Crippen LogP) is 3.89. The monoisotopic (exact) mass is 335 g/mol. The molecular weight excluding hydrogens is 302 g/mol. The molecule has 0 amide bonds. The second-order valence-corrected chi connectivity index (χ2v) is 6.17. The van der Waals surface area contributed by atoms with Gasteiger partial charge in [-0.2, -0.15) is 0 Å². The summed E-state index contributed by atoms with van der Waals surface area (Å²) in [6, 6.07) is -0.0239. The van der Waals surface area contributed by atoms with E-state index in [-0.39, 0.29) is 12.2 Å². The number of ether oxygens (including phenoxy) is 1. The summed E-state index contributed by atoms with van der Waals surface area (Å²) in [6.07, 6.45) is 9.42. The number of hydrogen-bond acceptors (Lipinski definition) is 5. The Labute approximate surface area is 146 Å². The summed E-state index contributed by atoms with van der Waals surface area (Å²) in [5.41, 5.74) is 4.17. The van der Waals surface area contributed by atoms with Gasteiger partial charge in [0, 0.05) is 11.8 Å². The molecule has 2 N–H and O–H groups in total.